The molecule has 0 aliphatic rings. The van der Waals surface area contributed by atoms with Crippen LogP contribution in [0.1, 0.15) is 0 Å². The zero-order chi connectivity index (χ0) is 39.3. The Bertz CT molecular complexity index is 3710. The van der Waals surface area contributed by atoms with Crippen LogP contribution in [0.5, 0.6) is 0 Å². The molecule has 3 aromatic heterocycles. The summed E-state index contributed by atoms with van der Waals surface area (Å²) in [7, 11) is 0. The van der Waals surface area contributed by atoms with E-state index in [1.807, 2.05) is 0 Å². The predicted octanol–water partition coefficient (Wildman–Crippen LogP) is 15.0. The van der Waals surface area contributed by atoms with E-state index >= 15 is 0 Å². The minimum atomic E-state index is 0.644. The molecule has 13 rings (SSSR count). The molecule has 0 N–H and O–H groups in total. The second-order valence-electron chi connectivity index (χ2n) is 15.5. The Hall–Kier alpha value is -7.73. The van der Waals surface area contributed by atoms with E-state index in [0.29, 0.717) is 17.5 Å². The fraction of sp³-hybridized carbons (Fsp3) is 0. The maximum atomic E-state index is 5.45. The molecular formula is C55H32N4S. The van der Waals surface area contributed by atoms with Crippen LogP contribution in [0.15, 0.2) is 194 Å². The van der Waals surface area contributed by atoms with Crippen molar-refractivity contribution in [3.63, 3.8) is 0 Å². The van der Waals surface area contributed by atoms with Crippen molar-refractivity contribution in [2.45, 2.75) is 0 Å². The molecule has 0 amide bonds. The average Bonchev–Trinajstić information content (AvgIpc) is 3.87. The molecule has 0 saturated heterocycles. The van der Waals surface area contributed by atoms with Gasteiger partial charge in [-0.25, -0.2) is 15.0 Å². The smallest absolute Gasteiger partial charge is 0.165 e. The van der Waals surface area contributed by atoms with E-state index in [-0.39, 0.29) is 0 Å². The Morgan fingerprint density at radius 2 is 0.767 bits per heavy atom. The van der Waals surface area contributed by atoms with Crippen molar-refractivity contribution >= 4 is 96.4 Å². The molecule has 0 aliphatic heterocycles. The second kappa shape index (κ2) is 12.9. The zero-order valence-electron chi connectivity index (χ0n) is 32.2. The van der Waals surface area contributed by atoms with E-state index in [2.05, 4.69) is 199 Å². The Morgan fingerprint density at radius 3 is 1.32 bits per heavy atom. The van der Waals surface area contributed by atoms with Gasteiger partial charge < -0.3 is 4.57 Å². The highest BCUT2D eigenvalue weighted by Crippen LogP contribution is 2.45. The number of hydrogen-bond acceptors (Lipinski definition) is 4. The van der Waals surface area contributed by atoms with Crippen molar-refractivity contribution < 1.29 is 0 Å². The van der Waals surface area contributed by atoms with Crippen LogP contribution >= 0.6 is 11.3 Å². The lowest BCUT2D eigenvalue weighted by molar-refractivity contribution is 1.08. The topological polar surface area (TPSA) is 43.6 Å². The van der Waals surface area contributed by atoms with Gasteiger partial charge in [0.15, 0.2) is 17.5 Å². The van der Waals surface area contributed by atoms with E-state index in [1.54, 1.807) is 11.3 Å². The lowest BCUT2D eigenvalue weighted by Crippen LogP contribution is -2.02. The number of aromatic nitrogens is 4. The van der Waals surface area contributed by atoms with Gasteiger partial charge >= 0.3 is 0 Å². The number of rotatable bonds is 4. The van der Waals surface area contributed by atoms with Gasteiger partial charge in [0.1, 0.15) is 0 Å². The van der Waals surface area contributed by atoms with Crippen molar-refractivity contribution in [2.24, 2.45) is 0 Å². The first-order valence-electron chi connectivity index (χ1n) is 20.3. The van der Waals surface area contributed by atoms with Crippen LogP contribution in [0.3, 0.4) is 0 Å². The quantitative estimate of drug-likeness (QED) is 0.179. The first-order chi connectivity index (χ1) is 29.7. The third kappa shape index (κ3) is 4.93. The average molecular weight is 781 g/mol. The van der Waals surface area contributed by atoms with Gasteiger partial charge in [0.2, 0.25) is 0 Å². The minimum absolute atomic E-state index is 0.644. The summed E-state index contributed by atoms with van der Waals surface area (Å²) in [5.41, 5.74) is 6.31. The molecule has 0 unspecified atom stereocenters. The number of thiophene rings is 1. The number of fused-ring (bicyclic) bond motifs is 12. The van der Waals surface area contributed by atoms with Gasteiger partial charge in [-0.1, -0.05) is 164 Å². The van der Waals surface area contributed by atoms with Crippen molar-refractivity contribution in [3.8, 4) is 39.9 Å². The standard InChI is InChI=1S/C55H32N4S/c1-5-19-38-33(13-1)17-11-24-43(38)53-56-54(44-25-12-18-34-14-2-6-20-39(34)44)58-55(57-53)46-32-37(31-45-42-23-9-10-26-49(42)60-52(45)46)59-47-29-27-35-15-3-7-21-40(35)50(47)51-41-22-8-4-16-36(41)28-30-48(51)59/h1-32H. The number of hydrogen-bond donors (Lipinski definition) is 0. The van der Waals surface area contributed by atoms with E-state index in [0.717, 1.165) is 59.7 Å². The summed E-state index contributed by atoms with van der Waals surface area (Å²) < 4.78 is 4.83. The highest BCUT2D eigenvalue weighted by molar-refractivity contribution is 7.26. The maximum Gasteiger partial charge on any atom is 0.165 e. The molecule has 5 heteroatoms. The molecule has 0 spiro atoms. The minimum Gasteiger partial charge on any atom is -0.309 e. The molecule has 13 aromatic rings. The van der Waals surface area contributed by atoms with Crippen LogP contribution in [-0.4, -0.2) is 19.5 Å². The highest BCUT2D eigenvalue weighted by Gasteiger charge is 2.23. The molecule has 0 atom stereocenters. The molecule has 0 saturated carbocycles. The summed E-state index contributed by atoms with van der Waals surface area (Å²) in [5.74, 6) is 1.94. The van der Waals surface area contributed by atoms with Crippen LogP contribution in [0.2, 0.25) is 0 Å². The fourth-order valence-corrected chi connectivity index (χ4v) is 10.7. The first-order valence-corrected chi connectivity index (χ1v) is 21.1. The summed E-state index contributed by atoms with van der Waals surface area (Å²) >= 11 is 1.80. The maximum absolute atomic E-state index is 5.45. The third-order valence-electron chi connectivity index (χ3n) is 12.2. The molecule has 4 nitrogen and oxygen atoms in total. The normalized spacial score (nSPS) is 12.0. The first kappa shape index (κ1) is 33.3. The lowest BCUT2D eigenvalue weighted by atomic mass is 10.00. The predicted molar refractivity (Wildman–Crippen MR) is 253 cm³/mol. The van der Waals surface area contributed by atoms with Crippen LogP contribution in [0.4, 0.5) is 0 Å². The van der Waals surface area contributed by atoms with Crippen molar-refractivity contribution in [1.29, 1.82) is 0 Å². The van der Waals surface area contributed by atoms with Crippen molar-refractivity contribution in [1.82, 2.24) is 19.5 Å². The van der Waals surface area contributed by atoms with Crippen molar-refractivity contribution in [3.05, 3.63) is 194 Å². The van der Waals surface area contributed by atoms with Gasteiger partial charge in [0.05, 0.1) is 11.0 Å². The number of benzene rings is 10. The molecule has 0 fully saturated rings. The monoisotopic (exact) mass is 780 g/mol. The summed E-state index contributed by atoms with van der Waals surface area (Å²) in [6.45, 7) is 0. The van der Waals surface area contributed by atoms with Gasteiger partial charge in [-0.3, -0.25) is 0 Å². The van der Waals surface area contributed by atoms with Gasteiger partial charge in [0, 0.05) is 53.3 Å². The van der Waals surface area contributed by atoms with Gasteiger partial charge in [-0.05, 0) is 73.4 Å². The fourth-order valence-electron chi connectivity index (χ4n) is 9.51. The molecule has 60 heavy (non-hydrogen) atoms. The third-order valence-corrected chi connectivity index (χ3v) is 13.4. The summed E-state index contributed by atoms with van der Waals surface area (Å²) in [5, 5.41) is 14.3. The Labute approximate surface area is 348 Å². The Morgan fingerprint density at radius 1 is 0.333 bits per heavy atom. The highest BCUT2D eigenvalue weighted by atomic mass is 32.1. The van der Waals surface area contributed by atoms with Crippen LogP contribution in [0.25, 0.3) is 125 Å². The van der Waals surface area contributed by atoms with Crippen LogP contribution < -0.4 is 0 Å². The lowest BCUT2D eigenvalue weighted by Gasteiger charge is -2.14. The summed E-state index contributed by atoms with van der Waals surface area (Å²) in [4.78, 5) is 16.2. The summed E-state index contributed by atoms with van der Waals surface area (Å²) in [6, 6.07) is 69.7. The van der Waals surface area contributed by atoms with Crippen LogP contribution in [-0.2, 0) is 0 Å². The SMILES string of the molecule is c1ccc2c(-c3nc(-c4cccc5ccccc45)nc(-c4cc(-n5c6ccc7ccccc7c6c6c7ccccc7ccc65)cc5c4sc4ccccc45)n3)cccc2c1. The Balaban J connectivity index is 1.17. The second-order valence-corrected chi connectivity index (χ2v) is 16.6. The number of nitrogens with zero attached hydrogens (tertiary/aromatic N) is 4. The molecular weight excluding hydrogens is 749 g/mol. The molecule has 0 aliphatic carbocycles. The van der Waals surface area contributed by atoms with Gasteiger partial charge in [-0.2, -0.15) is 0 Å². The molecule has 0 bridgehead atoms. The Kier molecular flexibility index (Phi) is 7.14. The zero-order valence-corrected chi connectivity index (χ0v) is 33.0. The van der Waals surface area contributed by atoms with E-state index in [4.69, 9.17) is 15.0 Å². The van der Waals surface area contributed by atoms with E-state index in [9.17, 15) is 0 Å². The molecule has 278 valence electrons. The van der Waals surface area contributed by atoms with Gasteiger partial charge in [-0.15, -0.1) is 11.3 Å². The van der Waals surface area contributed by atoms with Gasteiger partial charge in [0.25, 0.3) is 0 Å². The van der Waals surface area contributed by atoms with Crippen LogP contribution in [0, 0.1) is 0 Å². The summed E-state index contributed by atoms with van der Waals surface area (Å²) in [6.07, 6.45) is 0. The van der Waals surface area contributed by atoms with E-state index < -0.39 is 0 Å². The van der Waals surface area contributed by atoms with E-state index in [1.165, 1.54) is 47.8 Å². The largest absolute Gasteiger partial charge is 0.309 e. The molecule has 0 radical (unpaired) electrons. The molecule has 10 aromatic carbocycles. The van der Waals surface area contributed by atoms with Crippen molar-refractivity contribution in [2.75, 3.05) is 0 Å². The molecule has 3 heterocycles.